The van der Waals surface area contributed by atoms with Gasteiger partial charge in [-0.15, -0.1) is 0 Å². The fourth-order valence-corrected chi connectivity index (χ4v) is 1.76. The summed E-state index contributed by atoms with van der Waals surface area (Å²) < 4.78 is 10.6. The molecule has 0 radical (unpaired) electrons. The van der Waals surface area contributed by atoms with Crippen LogP contribution in [0, 0.1) is 0 Å². The number of fused-ring (bicyclic) bond motifs is 1. The lowest BCUT2D eigenvalue weighted by Gasteiger charge is -2.26. The number of carbonyl (C=O) groups is 1. The minimum Gasteiger partial charge on any atom is -0.454 e. The molecule has 0 spiro atoms. The average Bonchev–Trinajstić information content (AvgIpc) is 2.74. The Bertz CT molecular complexity index is 469. The van der Waals surface area contributed by atoms with Gasteiger partial charge in [-0.05, 0) is 31.5 Å². The average molecular weight is 250 g/mol. The highest BCUT2D eigenvalue weighted by Gasteiger charge is 2.31. The third-order valence-electron chi connectivity index (χ3n) is 2.99. The molecule has 5 nitrogen and oxygen atoms in total. The van der Waals surface area contributed by atoms with Gasteiger partial charge < -0.3 is 9.47 Å². The van der Waals surface area contributed by atoms with E-state index in [9.17, 15) is 4.79 Å². The van der Waals surface area contributed by atoms with Crippen LogP contribution < -0.4 is 14.9 Å². The van der Waals surface area contributed by atoms with Crippen LogP contribution in [0.3, 0.4) is 0 Å². The van der Waals surface area contributed by atoms with Gasteiger partial charge in [0.25, 0.3) is 0 Å². The van der Waals surface area contributed by atoms with Gasteiger partial charge in [0.15, 0.2) is 11.5 Å². The lowest BCUT2D eigenvalue weighted by atomic mass is 9.83. The van der Waals surface area contributed by atoms with E-state index < -0.39 is 5.41 Å². The Morgan fingerprint density at radius 1 is 1.28 bits per heavy atom. The van der Waals surface area contributed by atoms with Crippen molar-refractivity contribution in [1.82, 2.24) is 10.4 Å². The number of hydrogen-bond acceptors (Lipinski definition) is 4. The Morgan fingerprint density at radius 2 is 1.94 bits per heavy atom. The molecular weight excluding hydrogens is 232 g/mol. The monoisotopic (exact) mass is 250 g/mol. The lowest BCUT2D eigenvalue weighted by molar-refractivity contribution is -0.129. The van der Waals surface area contributed by atoms with E-state index in [2.05, 4.69) is 5.43 Å². The predicted molar refractivity (Wildman–Crippen MR) is 67.4 cm³/mol. The van der Waals surface area contributed by atoms with Gasteiger partial charge in [-0.3, -0.25) is 10.2 Å². The molecule has 1 aromatic rings. The van der Waals surface area contributed by atoms with Gasteiger partial charge in [0.1, 0.15) is 0 Å². The van der Waals surface area contributed by atoms with Crippen molar-refractivity contribution in [2.24, 2.45) is 0 Å². The van der Waals surface area contributed by atoms with Crippen molar-refractivity contribution >= 4 is 5.91 Å². The first-order valence-electron chi connectivity index (χ1n) is 5.80. The second kappa shape index (κ2) is 4.49. The number of nitrogens with one attached hydrogen (secondary N) is 1. The maximum atomic E-state index is 12.2. The largest absolute Gasteiger partial charge is 0.454 e. The van der Waals surface area contributed by atoms with Crippen LogP contribution in [0.4, 0.5) is 0 Å². The molecule has 1 amide bonds. The topological polar surface area (TPSA) is 50.8 Å². The molecular formula is C13H18N2O3. The zero-order valence-corrected chi connectivity index (χ0v) is 11.1. The molecule has 1 aliphatic heterocycles. The molecule has 0 saturated heterocycles. The Balaban J connectivity index is 2.26. The molecule has 1 aliphatic rings. The number of rotatable bonds is 3. The minimum atomic E-state index is -0.634. The van der Waals surface area contributed by atoms with Crippen molar-refractivity contribution in [2.45, 2.75) is 19.3 Å². The highest BCUT2D eigenvalue weighted by atomic mass is 16.7. The van der Waals surface area contributed by atoms with Crippen LogP contribution in [-0.2, 0) is 10.2 Å². The van der Waals surface area contributed by atoms with Gasteiger partial charge >= 0.3 is 0 Å². The third kappa shape index (κ3) is 2.26. The standard InChI is InChI=1S/C13H18N2O3/c1-13(2,12(16)14-15(3)4)9-5-6-10-11(7-9)18-8-17-10/h5-7H,8H2,1-4H3,(H,14,16). The van der Waals surface area contributed by atoms with E-state index in [1.807, 2.05) is 32.0 Å². The quantitative estimate of drug-likeness (QED) is 0.821. The van der Waals surface area contributed by atoms with E-state index in [0.29, 0.717) is 5.75 Å². The first-order chi connectivity index (χ1) is 8.41. The summed E-state index contributed by atoms with van der Waals surface area (Å²) in [6, 6.07) is 5.59. The first-order valence-corrected chi connectivity index (χ1v) is 5.80. The molecule has 2 rings (SSSR count). The van der Waals surface area contributed by atoms with Crippen LogP contribution in [-0.4, -0.2) is 31.8 Å². The highest BCUT2D eigenvalue weighted by molar-refractivity contribution is 5.87. The van der Waals surface area contributed by atoms with E-state index in [0.717, 1.165) is 11.3 Å². The second-order valence-electron chi connectivity index (χ2n) is 5.03. The van der Waals surface area contributed by atoms with Gasteiger partial charge in [0, 0.05) is 14.1 Å². The molecule has 0 atom stereocenters. The molecule has 18 heavy (non-hydrogen) atoms. The predicted octanol–water partition coefficient (Wildman–Crippen LogP) is 1.29. The van der Waals surface area contributed by atoms with Crippen molar-refractivity contribution in [1.29, 1.82) is 0 Å². The molecule has 0 fully saturated rings. The summed E-state index contributed by atoms with van der Waals surface area (Å²) in [4.78, 5) is 12.2. The third-order valence-corrected chi connectivity index (χ3v) is 2.99. The van der Waals surface area contributed by atoms with Crippen LogP contribution in [0.15, 0.2) is 18.2 Å². The molecule has 5 heteroatoms. The number of hydrogen-bond donors (Lipinski definition) is 1. The lowest BCUT2D eigenvalue weighted by Crippen LogP contribution is -2.46. The maximum Gasteiger partial charge on any atom is 0.244 e. The van der Waals surface area contributed by atoms with Crippen LogP contribution in [0.1, 0.15) is 19.4 Å². The number of carbonyl (C=O) groups excluding carboxylic acids is 1. The minimum absolute atomic E-state index is 0.0636. The van der Waals surface area contributed by atoms with Crippen LogP contribution in [0.25, 0.3) is 0 Å². The van der Waals surface area contributed by atoms with Gasteiger partial charge in [-0.2, -0.15) is 0 Å². The molecule has 1 aromatic carbocycles. The summed E-state index contributed by atoms with van der Waals surface area (Å²) in [6.45, 7) is 4.00. The molecule has 1 heterocycles. The summed E-state index contributed by atoms with van der Waals surface area (Å²) in [5.41, 5.74) is 3.03. The van der Waals surface area contributed by atoms with E-state index in [4.69, 9.17) is 9.47 Å². The van der Waals surface area contributed by atoms with E-state index in [-0.39, 0.29) is 12.7 Å². The van der Waals surface area contributed by atoms with Crippen molar-refractivity contribution in [3.8, 4) is 11.5 Å². The Labute approximate surface area is 107 Å². The van der Waals surface area contributed by atoms with E-state index in [1.165, 1.54) is 0 Å². The first kappa shape index (κ1) is 12.7. The van der Waals surface area contributed by atoms with Crippen molar-refractivity contribution < 1.29 is 14.3 Å². The van der Waals surface area contributed by atoms with Crippen LogP contribution in [0.5, 0.6) is 11.5 Å². The summed E-state index contributed by atoms with van der Waals surface area (Å²) in [5, 5.41) is 1.64. The summed E-state index contributed by atoms with van der Waals surface area (Å²) >= 11 is 0. The summed E-state index contributed by atoms with van der Waals surface area (Å²) in [5.74, 6) is 1.35. The fraction of sp³-hybridized carbons (Fsp3) is 0.462. The number of hydrazine groups is 1. The molecule has 0 aliphatic carbocycles. The Morgan fingerprint density at radius 3 is 2.61 bits per heavy atom. The molecule has 1 N–H and O–H groups in total. The van der Waals surface area contributed by atoms with E-state index in [1.54, 1.807) is 19.1 Å². The number of benzene rings is 1. The highest BCUT2D eigenvalue weighted by Crippen LogP contribution is 2.36. The maximum absolute atomic E-state index is 12.2. The molecule has 0 aromatic heterocycles. The molecule has 98 valence electrons. The molecule has 0 unspecified atom stereocenters. The summed E-state index contributed by atoms with van der Waals surface area (Å²) in [7, 11) is 3.57. The molecule has 0 bridgehead atoms. The Kier molecular flexibility index (Phi) is 3.17. The zero-order valence-electron chi connectivity index (χ0n) is 11.1. The second-order valence-corrected chi connectivity index (χ2v) is 5.03. The number of amides is 1. The Hall–Kier alpha value is -1.75. The van der Waals surface area contributed by atoms with Crippen LogP contribution in [0.2, 0.25) is 0 Å². The van der Waals surface area contributed by atoms with Gasteiger partial charge in [-0.1, -0.05) is 6.07 Å². The zero-order chi connectivity index (χ0) is 13.3. The smallest absolute Gasteiger partial charge is 0.244 e. The number of nitrogens with zero attached hydrogens (tertiary/aromatic N) is 1. The van der Waals surface area contributed by atoms with Gasteiger partial charge in [0.05, 0.1) is 5.41 Å². The van der Waals surface area contributed by atoms with Crippen molar-refractivity contribution in [3.05, 3.63) is 23.8 Å². The van der Waals surface area contributed by atoms with Gasteiger partial charge in [-0.25, -0.2) is 5.01 Å². The van der Waals surface area contributed by atoms with Crippen molar-refractivity contribution in [2.75, 3.05) is 20.9 Å². The fourth-order valence-electron chi connectivity index (χ4n) is 1.76. The van der Waals surface area contributed by atoms with Crippen LogP contribution >= 0.6 is 0 Å². The van der Waals surface area contributed by atoms with Crippen molar-refractivity contribution in [3.63, 3.8) is 0 Å². The number of ether oxygens (including phenoxy) is 2. The van der Waals surface area contributed by atoms with E-state index >= 15 is 0 Å². The van der Waals surface area contributed by atoms with Gasteiger partial charge in [0.2, 0.25) is 12.7 Å². The SMILES string of the molecule is CN(C)NC(=O)C(C)(C)c1ccc2c(c1)OCO2. The molecule has 0 saturated carbocycles. The normalized spacial score (nSPS) is 13.8. The summed E-state index contributed by atoms with van der Waals surface area (Å²) in [6.07, 6.45) is 0.